The van der Waals surface area contributed by atoms with E-state index >= 15 is 0 Å². The average Bonchev–Trinajstić information content (AvgIpc) is 2.55. The Kier molecular flexibility index (Phi) is 8.39. The van der Waals surface area contributed by atoms with Crippen molar-refractivity contribution in [3.8, 4) is 0 Å². The van der Waals surface area contributed by atoms with E-state index < -0.39 is 61.7 Å². The largest absolute Gasteiger partial charge is 0.394 e. The van der Waals surface area contributed by atoms with Crippen LogP contribution in [0.4, 0.5) is 0 Å². The number of hydrogen-bond donors (Lipinski definition) is 7. The van der Waals surface area contributed by atoms with Gasteiger partial charge in [-0.3, -0.25) is 0 Å². The van der Waals surface area contributed by atoms with Crippen molar-refractivity contribution < 1.29 is 45.2 Å². The van der Waals surface area contributed by atoms with E-state index in [0.717, 1.165) is 0 Å². The predicted molar refractivity (Wildman–Crippen MR) is 86.4 cm³/mol. The normalized spacial score (nSPS) is 33.1. The van der Waals surface area contributed by atoms with Crippen LogP contribution in [0.25, 0.3) is 0 Å². The lowest BCUT2D eigenvalue weighted by Crippen LogP contribution is -2.59. The van der Waals surface area contributed by atoms with Gasteiger partial charge in [0.25, 0.3) is 0 Å². The molecule has 25 heavy (non-hydrogen) atoms. The zero-order valence-corrected chi connectivity index (χ0v) is 14.5. The Morgan fingerprint density at radius 2 is 1.76 bits per heavy atom. The summed E-state index contributed by atoms with van der Waals surface area (Å²) in [6, 6.07) is 0. The van der Waals surface area contributed by atoms with Gasteiger partial charge in [-0.15, -0.1) is 0 Å². The van der Waals surface area contributed by atoms with Crippen LogP contribution < -0.4 is 0 Å². The van der Waals surface area contributed by atoms with E-state index in [1.807, 2.05) is 0 Å². The molecule has 1 aliphatic heterocycles. The van der Waals surface area contributed by atoms with Crippen molar-refractivity contribution in [1.29, 1.82) is 0 Å². The van der Waals surface area contributed by atoms with Crippen LogP contribution in [0.5, 0.6) is 0 Å². The third kappa shape index (κ3) is 5.95. The number of aliphatic hydroxyl groups excluding tert-OH is 6. The van der Waals surface area contributed by atoms with Crippen LogP contribution in [0.1, 0.15) is 26.7 Å². The van der Waals surface area contributed by atoms with Gasteiger partial charge in [0, 0.05) is 0 Å². The Bertz CT molecular complexity index is 420. The molecule has 1 rings (SSSR count). The highest BCUT2D eigenvalue weighted by Crippen LogP contribution is 2.25. The molecule has 1 heterocycles. The number of aliphatic hydroxyl groups is 7. The maximum Gasteiger partial charge on any atom is 0.187 e. The second-order valence-electron chi connectivity index (χ2n) is 6.87. The molecular weight excluding hydrogens is 336 g/mol. The third-order valence-corrected chi connectivity index (χ3v) is 4.32. The molecule has 0 bridgehead atoms. The first kappa shape index (κ1) is 22.4. The maximum atomic E-state index is 9.95. The summed E-state index contributed by atoms with van der Waals surface area (Å²) in [5.74, 6) is 0. The lowest BCUT2D eigenvalue weighted by molar-refractivity contribution is -0.310. The van der Waals surface area contributed by atoms with Gasteiger partial charge in [0.2, 0.25) is 0 Å². The lowest BCUT2D eigenvalue weighted by Gasteiger charge is -2.41. The second kappa shape index (κ2) is 9.36. The molecule has 7 N–H and O–H groups in total. The molecule has 148 valence electrons. The van der Waals surface area contributed by atoms with Crippen molar-refractivity contribution in [3.63, 3.8) is 0 Å². The van der Waals surface area contributed by atoms with E-state index in [4.69, 9.17) is 14.6 Å². The van der Waals surface area contributed by atoms with Crippen molar-refractivity contribution in [3.05, 3.63) is 12.2 Å². The zero-order valence-electron chi connectivity index (χ0n) is 14.5. The van der Waals surface area contributed by atoms with Gasteiger partial charge in [0.1, 0.15) is 30.5 Å². The molecule has 0 amide bonds. The van der Waals surface area contributed by atoms with Crippen molar-refractivity contribution in [2.24, 2.45) is 0 Å². The van der Waals surface area contributed by atoms with Gasteiger partial charge in [0.05, 0.1) is 24.9 Å². The van der Waals surface area contributed by atoms with Gasteiger partial charge in [-0.1, -0.05) is 6.58 Å². The minimum Gasteiger partial charge on any atom is -0.394 e. The van der Waals surface area contributed by atoms with Crippen molar-refractivity contribution in [2.45, 2.75) is 75.2 Å². The molecular formula is C16H30O9. The summed E-state index contributed by atoms with van der Waals surface area (Å²) in [4.78, 5) is 0. The fraction of sp³-hybridized carbons (Fsp3) is 0.875. The molecule has 1 saturated heterocycles. The summed E-state index contributed by atoms with van der Waals surface area (Å²) in [6.07, 6.45) is -8.73. The molecule has 0 aromatic carbocycles. The van der Waals surface area contributed by atoms with E-state index in [2.05, 4.69) is 6.58 Å². The molecule has 1 unspecified atom stereocenters. The summed E-state index contributed by atoms with van der Waals surface area (Å²) in [6.45, 7) is 5.62. The minimum absolute atomic E-state index is 0.177. The highest BCUT2D eigenvalue weighted by atomic mass is 16.7. The fourth-order valence-corrected chi connectivity index (χ4v) is 2.45. The van der Waals surface area contributed by atoms with Crippen LogP contribution in [0.3, 0.4) is 0 Å². The molecule has 1 fully saturated rings. The Morgan fingerprint density at radius 3 is 2.24 bits per heavy atom. The number of hydrogen-bond acceptors (Lipinski definition) is 9. The van der Waals surface area contributed by atoms with Crippen molar-refractivity contribution >= 4 is 0 Å². The fourth-order valence-electron chi connectivity index (χ4n) is 2.45. The SMILES string of the molecule is C=C(CCC(O)C(C)(C)O)[C@@H](CO)O[C@@H]1O[C@H](CO)[C@@H](O)[C@H](O)[C@H]1O. The van der Waals surface area contributed by atoms with Gasteiger partial charge in [-0.25, -0.2) is 0 Å². The van der Waals surface area contributed by atoms with Gasteiger partial charge in [-0.2, -0.15) is 0 Å². The summed E-state index contributed by atoms with van der Waals surface area (Å²) < 4.78 is 10.7. The predicted octanol–water partition coefficient (Wildman–Crippen LogP) is -2.37. The van der Waals surface area contributed by atoms with E-state index in [9.17, 15) is 30.6 Å². The molecule has 0 saturated carbocycles. The molecule has 7 atom stereocenters. The quantitative estimate of drug-likeness (QED) is 0.221. The molecule has 0 radical (unpaired) electrons. The summed E-state index contributed by atoms with van der Waals surface area (Å²) in [7, 11) is 0. The van der Waals surface area contributed by atoms with Gasteiger partial charge in [0.15, 0.2) is 6.29 Å². The lowest BCUT2D eigenvalue weighted by atomic mass is 9.94. The molecule has 9 heteroatoms. The second-order valence-corrected chi connectivity index (χ2v) is 6.87. The van der Waals surface area contributed by atoms with Crippen LogP contribution >= 0.6 is 0 Å². The Balaban J connectivity index is 2.66. The highest BCUT2D eigenvalue weighted by molar-refractivity contribution is 5.04. The summed E-state index contributed by atoms with van der Waals surface area (Å²) in [5.41, 5.74) is -0.893. The Hall–Kier alpha value is -0.620. The van der Waals surface area contributed by atoms with Crippen LogP contribution in [0.15, 0.2) is 12.2 Å². The van der Waals surface area contributed by atoms with Crippen molar-refractivity contribution in [1.82, 2.24) is 0 Å². The van der Waals surface area contributed by atoms with E-state index in [1.165, 1.54) is 13.8 Å². The smallest absolute Gasteiger partial charge is 0.187 e. The maximum absolute atomic E-state index is 9.95. The van der Waals surface area contributed by atoms with Gasteiger partial charge in [-0.05, 0) is 32.3 Å². The van der Waals surface area contributed by atoms with Crippen LogP contribution in [-0.4, -0.2) is 97.5 Å². The van der Waals surface area contributed by atoms with Crippen molar-refractivity contribution in [2.75, 3.05) is 13.2 Å². The first-order valence-corrected chi connectivity index (χ1v) is 8.17. The molecule has 0 spiro atoms. The molecule has 0 aliphatic carbocycles. The van der Waals surface area contributed by atoms with E-state index in [1.54, 1.807) is 0 Å². The number of ether oxygens (including phenoxy) is 2. The Morgan fingerprint density at radius 1 is 1.16 bits per heavy atom. The first-order chi connectivity index (χ1) is 11.5. The molecule has 0 aromatic heterocycles. The first-order valence-electron chi connectivity index (χ1n) is 8.17. The topological polar surface area (TPSA) is 160 Å². The summed E-state index contributed by atoms with van der Waals surface area (Å²) in [5, 5.41) is 67.6. The third-order valence-electron chi connectivity index (χ3n) is 4.32. The van der Waals surface area contributed by atoms with Crippen LogP contribution in [-0.2, 0) is 9.47 Å². The average molecular weight is 366 g/mol. The Labute approximate surface area is 146 Å². The standard InChI is InChI=1S/C16H30O9/c1-8(4-5-11(19)16(2,3)23)9(6-17)24-15-14(22)13(21)12(20)10(7-18)25-15/h9-15,17-23H,1,4-7H2,2-3H3/t9-,10-,11?,12-,13+,14-,15-/m1/s1. The summed E-state index contributed by atoms with van der Waals surface area (Å²) >= 11 is 0. The zero-order chi connectivity index (χ0) is 19.4. The van der Waals surface area contributed by atoms with Crippen LogP contribution in [0, 0.1) is 0 Å². The van der Waals surface area contributed by atoms with Crippen LogP contribution in [0.2, 0.25) is 0 Å². The van der Waals surface area contributed by atoms with Gasteiger partial charge >= 0.3 is 0 Å². The van der Waals surface area contributed by atoms with E-state index in [-0.39, 0.29) is 12.8 Å². The number of rotatable bonds is 9. The molecule has 9 nitrogen and oxygen atoms in total. The monoisotopic (exact) mass is 366 g/mol. The molecule has 0 aromatic rings. The van der Waals surface area contributed by atoms with Gasteiger partial charge < -0.3 is 45.2 Å². The van der Waals surface area contributed by atoms with E-state index in [0.29, 0.717) is 5.57 Å². The molecule has 1 aliphatic rings. The highest BCUT2D eigenvalue weighted by Gasteiger charge is 2.45. The minimum atomic E-state index is -1.58.